The Morgan fingerprint density at radius 1 is 1.78 bits per heavy atom. The number of aromatic amines is 1. The molecule has 1 aromatic heterocycles. The quantitative estimate of drug-likeness (QED) is 0.498. The molecule has 0 bridgehead atoms. The van der Waals surface area contributed by atoms with E-state index in [1.54, 1.807) is 0 Å². The fraction of sp³-hybridized carbons (Fsp3) is 0. The number of hydrogen-bond donors (Lipinski definition) is 2. The summed E-state index contributed by atoms with van der Waals surface area (Å²) in [6.07, 6.45) is 1.15. The lowest BCUT2D eigenvalue weighted by Crippen LogP contribution is -2.07. The summed E-state index contributed by atoms with van der Waals surface area (Å²) in [7, 11) is 0. The Balaban J connectivity index is 3.34. The van der Waals surface area contributed by atoms with E-state index in [9.17, 15) is 4.79 Å². The Morgan fingerprint density at radius 3 is 2.89 bits per heavy atom. The fourth-order valence-corrected chi connectivity index (χ4v) is 0.426. The van der Waals surface area contributed by atoms with E-state index < -0.39 is 5.56 Å². The SMILES string of the molecule is [CH2]c1nc(=O)c(O)c[nH]1. The van der Waals surface area contributed by atoms with Crippen LogP contribution in [0.1, 0.15) is 5.82 Å². The van der Waals surface area contributed by atoms with Crippen molar-refractivity contribution in [3.8, 4) is 5.75 Å². The number of nitrogens with one attached hydrogen (secondary N) is 1. The number of aromatic hydroxyl groups is 1. The van der Waals surface area contributed by atoms with Crippen LogP contribution in [0.25, 0.3) is 0 Å². The Morgan fingerprint density at radius 2 is 2.44 bits per heavy atom. The van der Waals surface area contributed by atoms with Crippen molar-refractivity contribution in [2.45, 2.75) is 0 Å². The number of H-pyrrole nitrogens is 1. The summed E-state index contributed by atoms with van der Waals surface area (Å²) in [4.78, 5) is 16.2. The molecule has 0 atom stereocenters. The maximum atomic E-state index is 10.4. The summed E-state index contributed by atoms with van der Waals surface area (Å²) in [6.45, 7) is 3.34. The van der Waals surface area contributed by atoms with Gasteiger partial charge in [-0.2, -0.15) is 4.98 Å². The molecule has 47 valence electrons. The second kappa shape index (κ2) is 1.89. The molecule has 0 aliphatic rings. The van der Waals surface area contributed by atoms with Gasteiger partial charge in [-0.15, -0.1) is 0 Å². The first-order chi connectivity index (χ1) is 4.20. The first-order valence-electron chi connectivity index (χ1n) is 2.31. The van der Waals surface area contributed by atoms with E-state index in [4.69, 9.17) is 5.11 Å². The van der Waals surface area contributed by atoms with E-state index in [0.29, 0.717) is 0 Å². The molecule has 0 unspecified atom stereocenters. The number of nitrogens with zero attached hydrogens (tertiary/aromatic N) is 1. The van der Waals surface area contributed by atoms with Crippen LogP contribution in [0.4, 0.5) is 0 Å². The lowest BCUT2D eigenvalue weighted by Gasteiger charge is -1.89. The minimum absolute atomic E-state index is 0.248. The molecule has 2 N–H and O–H groups in total. The van der Waals surface area contributed by atoms with E-state index >= 15 is 0 Å². The standard InChI is InChI=1S/C5H5N2O2/c1-3-6-2-4(8)5(9)7-3/h2,8H,1H2,(H,6,7,9). The fourth-order valence-electron chi connectivity index (χ4n) is 0.426. The Kier molecular flexibility index (Phi) is 1.22. The Hall–Kier alpha value is -1.32. The van der Waals surface area contributed by atoms with Gasteiger partial charge in [-0.1, -0.05) is 0 Å². The van der Waals surface area contributed by atoms with Crippen molar-refractivity contribution in [1.82, 2.24) is 9.97 Å². The molecule has 0 aliphatic heterocycles. The highest BCUT2D eigenvalue weighted by molar-refractivity contribution is 5.10. The molecular formula is C5H5N2O2. The second-order valence-corrected chi connectivity index (χ2v) is 1.54. The van der Waals surface area contributed by atoms with Crippen LogP contribution in [-0.2, 0) is 0 Å². The van der Waals surface area contributed by atoms with Gasteiger partial charge >= 0.3 is 5.56 Å². The van der Waals surface area contributed by atoms with Crippen molar-refractivity contribution < 1.29 is 5.11 Å². The van der Waals surface area contributed by atoms with Crippen molar-refractivity contribution in [2.24, 2.45) is 0 Å². The van der Waals surface area contributed by atoms with Crippen molar-refractivity contribution >= 4 is 0 Å². The third-order valence-electron chi connectivity index (χ3n) is 0.831. The molecule has 0 saturated heterocycles. The molecule has 4 nitrogen and oxygen atoms in total. The number of rotatable bonds is 0. The second-order valence-electron chi connectivity index (χ2n) is 1.54. The van der Waals surface area contributed by atoms with Crippen LogP contribution in [-0.4, -0.2) is 15.1 Å². The van der Waals surface area contributed by atoms with Crippen molar-refractivity contribution in [1.29, 1.82) is 0 Å². The number of aromatic nitrogens is 2. The average Bonchev–Trinajstić information content (AvgIpc) is 1.80. The molecule has 0 amide bonds. The van der Waals surface area contributed by atoms with Gasteiger partial charge in [0.15, 0.2) is 5.75 Å². The molecule has 4 heteroatoms. The van der Waals surface area contributed by atoms with Gasteiger partial charge in [0.05, 0.1) is 6.20 Å². The Labute approximate surface area is 51.2 Å². The zero-order chi connectivity index (χ0) is 6.85. The third-order valence-corrected chi connectivity index (χ3v) is 0.831. The summed E-state index contributed by atoms with van der Waals surface area (Å²) in [6, 6.07) is 0. The molecule has 9 heavy (non-hydrogen) atoms. The van der Waals surface area contributed by atoms with Crippen LogP contribution in [0.3, 0.4) is 0 Å². The molecule has 1 aromatic rings. The van der Waals surface area contributed by atoms with Crippen LogP contribution in [0.2, 0.25) is 0 Å². The number of hydrogen-bond acceptors (Lipinski definition) is 3. The van der Waals surface area contributed by atoms with Crippen LogP contribution in [0, 0.1) is 6.92 Å². The summed E-state index contributed by atoms with van der Waals surface area (Å²) in [5.74, 6) is -0.139. The highest BCUT2D eigenvalue weighted by Crippen LogP contribution is 1.92. The summed E-state index contributed by atoms with van der Waals surface area (Å²) >= 11 is 0. The first kappa shape index (κ1) is 5.81. The van der Waals surface area contributed by atoms with E-state index in [2.05, 4.69) is 16.9 Å². The van der Waals surface area contributed by atoms with Gasteiger partial charge in [0.2, 0.25) is 0 Å². The molecule has 0 saturated carbocycles. The van der Waals surface area contributed by atoms with Crippen molar-refractivity contribution in [2.75, 3.05) is 0 Å². The van der Waals surface area contributed by atoms with Crippen LogP contribution >= 0.6 is 0 Å². The minimum atomic E-state index is -0.654. The topological polar surface area (TPSA) is 66.0 Å². The maximum Gasteiger partial charge on any atom is 0.315 e. The largest absolute Gasteiger partial charge is 0.502 e. The van der Waals surface area contributed by atoms with E-state index in [0.717, 1.165) is 6.20 Å². The zero-order valence-electron chi connectivity index (χ0n) is 4.59. The highest BCUT2D eigenvalue weighted by Gasteiger charge is 1.93. The maximum absolute atomic E-state index is 10.4. The predicted octanol–water partition coefficient (Wildman–Crippen LogP) is -0.342. The molecule has 0 aromatic carbocycles. The predicted molar refractivity (Wildman–Crippen MR) is 31.0 cm³/mol. The van der Waals surface area contributed by atoms with Crippen LogP contribution < -0.4 is 5.56 Å². The van der Waals surface area contributed by atoms with Gasteiger partial charge in [-0.25, -0.2) is 0 Å². The molecule has 0 spiro atoms. The van der Waals surface area contributed by atoms with Crippen LogP contribution in [0.5, 0.6) is 5.75 Å². The molecule has 1 radical (unpaired) electrons. The lowest BCUT2D eigenvalue weighted by molar-refractivity contribution is 0.463. The average molecular weight is 125 g/mol. The van der Waals surface area contributed by atoms with Gasteiger partial charge in [0, 0.05) is 6.92 Å². The van der Waals surface area contributed by atoms with Crippen molar-refractivity contribution in [3.63, 3.8) is 0 Å². The van der Waals surface area contributed by atoms with Gasteiger partial charge in [0.1, 0.15) is 5.82 Å². The normalized spacial score (nSPS) is 9.44. The van der Waals surface area contributed by atoms with E-state index in [1.807, 2.05) is 0 Å². The summed E-state index contributed by atoms with van der Waals surface area (Å²) < 4.78 is 0. The van der Waals surface area contributed by atoms with Gasteiger partial charge in [-0.3, -0.25) is 4.79 Å². The smallest absolute Gasteiger partial charge is 0.315 e. The monoisotopic (exact) mass is 125 g/mol. The van der Waals surface area contributed by atoms with E-state index in [1.165, 1.54) is 0 Å². The van der Waals surface area contributed by atoms with E-state index in [-0.39, 0.29) is 11.6 Å². The lowest BCUT2D eigenvalue weighted by atomic mass is 10.5. The first-order valence-corrected chi connectivity index (χ1v) is 2.31. The molecular weight excluding hydrogens is 120 g/mol. The Bertz CT molecular complexity index is 266. The third kappa shape index (κ3) is 1.07. The van der Waals surface area contributed by atoms with Crippen LogP contribution in [0.15, 0.2) is 11.0 Å². The highest BCUT2D eigenvalue weighted by atomic mass is 16.3. The zero-order valence-corrected chi connectivity index (χ0v) is 4.59. The molecule has 0 fully saturated rings. The van der Waals surface area contributed by atoms with Crippen molar-refractivity contribution in [3.05, 3.63) is 29.3 Å². The molecule has 1 heterocycles. The summed E-state index contributed by atoms with van der Waals surface area (Å²) in [5.41, 5.74) is -0.654. The summed E-state index contributed by atoms with van der Waals surface area (Å²) in [5, 5.41) is 8.61. The molecule has 1 rings (SSSR count). The minimum Gasteiger partial charge on any atom is -0.502 e. The molecule has 0 aliphatic carbocycles. The van der Waals surface area contributed by atoms with Gasteiger partial charge in [0.25, 0.3) is 0 Å². The van der Waals surface area contributed by atoms with Gasteiger partial charge in [-0.05, 0) is 0 Å². The van der Waals surface area contributed by atoms with Gasteiger partial charge < -0.3 is 10.1 Å².